The molecule has 0 N–H and O–H groups in total. The van der Waals surface area contributed by atoms with Crippen molar-refractivity contribution in [2.45, 2.75) is 17.9 Å². The van der Waals surface area contributed by atoms with Crippen molar-refractivity contribution in [3.63, 3.8) is 0 Å². The third-order valence-electron chi connectivity index (χ3n) is 4.73. The Morgan fingerprint density at radius 1 is 0.964 bits per heavy atom. The number of thiazole rings is 1. The molecule has 1 aromatic heterocycles. The molecule has 2 aromatic carbocycles. The van der Waals surface area contributed by atoms with Crippen LogP contribution in [0.25, 0.3) is 10.6 Å². The van der Waals surface area contributed by atoms with Crippen molar-refractivity contribution in [3.05, 3.63) is 59.1 Å². The zero-order chi connectivity index (χ0) is 19.7. The van der Waals surface area contributed by atoms with Crippen molar-refractivity contribution in [2.24, 2.45) is 0 Å². The van der Waals surface area contributed by atoms with Crippen LogP contribution in [-0.4, -0.2) is 38.5 Å². The van der Waals surface area contributed by atoms with Crippen molar-refractivity contribution < 1.29 is 17.9 Å². The molecule has 0 saturated heterocycles. The van der Waals surface area contributed by atoms with Crippen LogP contribution in [0.15, 0.2) is 53.4 Å². The first-order valence-corrected chi connectivity index (χ1v) is 11.0. The zero-order valence-corrected chi connectivity index (χ0v) is 17.2. The average Bonchev–Trinajstić information content (AvgIpc) is 3.17. The third kappa shape index (κ3) is 3.50. The molecule has 1 aliphatic heterocycles. The number of hydrogen-bond acceptors (Lipinski definition) is 6. The number of aromatic nitrogens is 1. The summed E-state index contributed by atoms with van der Waals surface area (Å²) in [7, 11) is -0.365. The second-order valence-corrected chi connectivity index (χ2v) is 9.40. The third-order valence-corrected chi connectivity index (χ3v) is 7.72. The highest BCUT2D eigenvalue weighted by Crippen LogP contribution is 2.34. The first kappa shape index (κ1) is 18.9. The summed E-state index contributed by atoms with van der Waals surface area (Å²) in [5, 5.41) is 0.899. The Labute approximate surface area is 168 Å². The van der Waals surface area contributed by atoms with Crippen LogP contribution in [-0.2, 0) is 23.0 Å². The fourth-order valence-electron chi connectivity index (χ4n) is 3.13. The minimum Gasteiger partial charge on any atom is -0.497 e. The molecule has 0 radical (unpaired) electrons. The van der Waals surface area contributed by atoms with E-state index >= 15 is 0 Å². The molecule has 2 heterocycles. The first-order chi connectivity index (χ1) is 13.5. The highest BCUT2D eigenvalue weighted by atomic mass is 32.2. The predicted molar refractivity (Wildman–Crippen MR) is 108 cm³/mol. The Morgan fingerprint density at radius 3 is 2.18 bits per heavy atom. The van der Waals surface area contributed by atoms with Gasteiger partial charge in [0.25, 0.3) is 0 Å². The van der Waals surface area contributed by atoms with Crippen molar-refractivity contribution in [1.82, 2.24) is 9.29 Å². The van der Waals surface area contributed by atoms with Gasteiger partial charge >= 0.3 is 0 Å². The second kappa shape index (κ2) is 7.54. The number of ether oxygens (including phenoxy) is 2. The molecule has 0 spiro atoms. The largest absolute Gasteiger partial charge is 0.497 e. The van der Waals surface area contributed by atoms with Gasteiger partial charge in [0.2, 0.25) is 10.0 Å². The van der Waals surface area contributed by atoms with E-state index in [1.807, 2.05) is 24.3 Å². The van der Waals surface area contributed by atoms with Crippen LogP contribution >= 0.6 is 11.3 Å². The van der Waals surface area contributed by atoms with Crippen molar-refractivity contribution in [1.29, 1.82) is 0 Å². The van der Waals surface area contributed by atoms with Gasteiger partial charge in [-0.3, -0.25) is 0 Å². The molecule has 0 saturated carbocycles. The Balaban J connectivity index is 1.58. The lowest BCUT2D eigenvalue weighted by Gasteiger charge is -2.25. The normalized spacial score (nSPS) is 14.5. The number of methoxy groups -OCH3 is 2. The molecule has 28 heavy (non-hydrogen) atoms. The summed E-state index contributed by atoms with van der Waals surface area (Å²) in [6.45, 7) is 0.769. The van der Waals surface area contributed by atoms with Gasteiger partial charge < -0.3 is 9.47 Å². The topological polar surface area (TPSA) is 68.7 Å². The monoisotopic (exact) mass is 416 g/mol. The maximum Gasteiger partial charge on any atom is 0.243 e. The molecule has 8 heteroatoms. The fraction of sp³-hybridized carbons (Fsp3) is 0.250. The Bertz CT molecular complexity index is 1070. The summed E-state index contributed by atoms with van der Waals surface area (Å²) in [5.41, 5.74) is 1.99. The number of rotatable bonds is 5. The van der Waals surface area contributed by atoms with Gasteiger partial charge in [0, 0.05) is 23.4 Å². The summed E-state index contributed by atoms with van der Waals surface area (Å²) in [6.07, 6.45) is 0.609. The minimum atomic E-state index is -3.55. The molecule has 0 amide bonds. The van der Waals surface area contributed by atoms with Gasteiger partial charge in [-0.1, -0.05) is 0 Å². The van der Waals surface area contributed by atoms with Crippen LogP contribution in [0.3, 0.4) is 0 Å². The van der Waals surface area contributed by atoms with Crippen LogP contribution in [0.4, 0.5) is 0 Å². The molecule has 1 aliphatic rings. The van der Waals surface area contributed by atoms with E-state index in [1.54, 1.807) is 49.8 Å². The first-order valence-electron chi connectivity index (χ1n) is 8.78. The second-order valence-electron chi connectivity index (χ2n) is 6.38. The van der Waals surface area contributed by atoms with Crippen LogP contribution in [0, 0.1) is 0 Å². The average molecular weight is 417 g/mol. The molecular formula is C20H20N2O4S2. The summed E-state index contributed by atoms with van der Waals surface area (Å²) in [6, 6.07) is 14.2. The Hall–Kier alpha value is -2.42. The van der Waals surface area contributed by atoms with E-state index in [4.69, 9.17) is 14.5 Å². The van der Waals surface area contributed by atoms with Gasteiger partial charge in [-0.15, -0.1) is 11.3 Å². The molecular weight excluding hydrogens is 396 g/mol. The number of nitrogens with zero attached hydrogens (tertiary/aromatic N) is 2. The quantitative estimate of drug-likeness (QED) is 0.636. The lowest BCUT2D eigenvalue weighted by molar-refractivity contribution is 0.392. The molecule has 4 rings (SSSR count). The standard InChI is InChI=1S/C20H20N2O4S2/c1-25-15-5-3-14(4-6-15)20-21-18-11-12-22(13-19(18)27-20)28(23,24)17-9-7-16(26-2)8-10-17/h3-10H,11-13H2,1-2H3. The zero-order valence-electron chi connectivity index (χ0n) is 15.6. The van der Waals surface area contributed by atoms with E-state index in [1.165, 1.54) is 4.31 Å². The molecule has 0 fully saturated rings. The van der Waals surface area contributed by atoms with Gasteiger partial charge in [0.15, 0.2) is 0 Å². The van der Waals surface area contributed by atoms with E-state index in [2.05, 4.69) is 0 Å². The van der Waals surface area contributed by atoms with Gasteiger partial charge in [0.05, 0.1) is 31.4 Å². The van der Waals surface area contributed by atoms with Crippen LogP contribution in [0.1, 0.15) is 10.6 Å². The predicted octanol–water partition coefficient (Wildman–Crippen LogP) is 3.57. The maximum absolute atomic E-state index is 13.0. The molecule has 146 valence electrons. The number of sulfonamides is 1. The highest BCUT2D eigenvalue weighted by molar-refractivity contribution is 7.89. The fourth-order valence-corrected chi connectivity index (χ4v) is 5.75. The lowest BCUT2D eigenvalue weighted by atomic mass is 10.2. The maximum atomic E-state index is 13.0. The summed E-state index contributed by atoms with van der Waals surface area (Å²) < 4.78 is 37.8. The van der Waals surface area contributed by atoms with E-state index in [0.717, 1.165) is 26.9 Å². The van der Waals surface area contributed by atoms with Crippen LogP contribution in [0.2, 0.25) is 0 Å². The lowest BCUT2D eigenvalue weighted by Crippen LogP contribution is -2.35. The number of benzene rings is 2. The van der Waals surface area contributed by atoms with Gasteiger partial charge in [0.1, 0.15) is 16.5 Å². The van der Waals surface area contributed by atoms with E-state index < -0.39 is 10.0 Å². The van der Waals surface area contributed by atoms with Gasteiger partial charge in [-0.05, 0) is 48.5 Å². The molecule has 0 unspecified atom stereocenters. The molecule has 6 nitrogen and oxygen atoms in total. The smallest absolute Gasteiger partial charge is 0.243 e. The Kier molecular flexibility index (Phi) is 5.09. The van der Waals surface area contributed by atoms with E-state index in [-0.39, 0.29) is 4.90 Å². The van der Waals surface area contributed by atoms with Gasteiger partial charge in [-0.25, -0.2) is 13.4 Å². The van der Waals surface area contributed by atoms with Crippen LogP contribution < -0.4 is 9.47 Å². The van der Waals surface area contributed by atoms with E-state index in [0.29, 0.717) is 25.3 Å². The molecule has 0 atom stereocenters. The summed E-state index contributed by atoms with van der Waals surface area (Å²) >= 11 is 1.54. The minimum absolute atomic E-state index is 0.275. The number of hydrogen-bond donors (Lipinski definition) is 0. The summed E-state index contributed by atoms with van der Waals surface area (Å²) in [5.74, 6) is 1.42. The molecule has 0 aliphatic carbocycles. The van der Waals surface area contributed by atoms with Crippen molar-refractivity contribution >= 4 is 21.4 Å². The molecule has 0 bridgehead atoms. The van der Waals surface area contributed by atoms with Crippen LogP contribution in [0.5, 0.6) is 11.5 Å². The highest BCUT2D eigenvalue weighted by Gasteiger charge is 2.30. The number of fused-ring (bicyclic) bond motifs is 1. The Morgan fingerprint density at radius 2 is 1.57 bits per heavy atom. The van der Waals surface area contributed by atoms with Gasteiger partial charge in [-0.2, -0.15) is 4.31 Å². The van der Waals surface area contributed by atoms with Crippen molar-refractivity contribution in [3.8, 4) is 22.1 Å². The summed E-state index contributed by atoms with van der Waals surface area (Å²) in [4.78, 5) is 6.00. The molecule has 3 aromatic rings. The SMILES string of the molecule is COc1ccc(-c2nc3c(s2)CN(S(=O)(=O)c2ccc(OC)cc2)CC3)cc1. The van der Waals surface area contributed by atoms with Crippen molar-refractivity contribution in [2.75, 3.05) is 20.8 Å². The van der Waals surface area contributed by atoms with E-state index in [9.17, 15) is 8.42 Å².